The van der Waals surface area contributed by atoms with Crippen LogP contribution in [0.4, 0.5) is 5.82 Å². The van der Waals surface area contributed by atoms with Gasteiger partial charge in [-0.15, -0.1) is 0 Å². The highest BCUT2D eigenvalue weighted by Gasteiger charge is 2.24. The van der Waals surface area contributed by atoms with Gasteiger partial charge in [0.05, 0.1) is 12.2 Å². The van der Waals surface area contributed by atoms with Crippen LogP contribution in [0.25, 0.3) is 0 Å². The molecule has 1 aromatic rings. The second kappa shape index (κ2) is 10.0. The molecule has 6 nitrogen and oxygen atoms in total. The van der Waals surface area contributed by atoms with E-state index in [1.165, 1.54) is 0 Å². The van der Waals surface area contributed by atoms with Crippen molar-refractivity contribution in [2.24, 2.45) is 11.8 Å². The molecule has 0 saturated carbocycles. The third-order valence-corrected chi connectivity index (χ3v) is 5.81. The lowest BCUT2D eigenvalue weighted by Crippen LogP contribution is -2.41. The number of carbonyl (C=O) groups is 1. The third-order valence-electron chi connectivity index (χ3n) is 5.81. The number of piperidine rings is 1. The number of ether oxygens (including phenoxy) is 2. The first-order valence-electron chi connectivity index (χ1n) is 10.2. The first-order valence-corrected chi connectivity index (χ1v) is 10.2. The summed E-state index contributed by atoms with van der Waals surface area (Å²) in [7, 11) is 3.80. The van der Waals surface area contributed by atoms with E-state index in [9.17, 15) is 4.79 Å². The van der Waals surface area contributed by atoms with E-state index in [0.29, 0.717) is 11.5 Å². The van der Waals surface area contributed by atoms with E-state index in [2.05, 4.69) is 16.9 Å². The Morgan fingerprint density at radius 3 is 2.81 bits per heavy atom. The van der Waals surface area contributed by atoms with Gasteiger partial charge in [-0.05, 0) is 56.1 Å². The smallest absolute Gasteiger partial charge is 0.255 e. The monoisotopic (exact) mass is 375 g/mol. The fraction of sp³-hybridized carbons (Fsp3) is 0.714. The summed E-state index contributed by atoms with van der Waals surface area (Å²) in [5, 5.41) is 0. The molecule has 0 aliphatic carbocycles. The Kier molecular flexibility index (Phi) is 7.47. The molecule has 6 heteroatoms. The van der Waals surface area contributed by atoms with Crippen molar-refractivity contribution in [2.75, 3.05) is 58.5 Å². The SMILES string of the molecule is COC[C@H]1CCCN(C(=O)c2ccc(N(C)CCC3CCOCC3)nc2)C1. The Balaban J connectivity index is 1.52. The molecule has 0 unspecified atom stereocenters. The number of hydrogen-bond donors (Lipinski definition) is 0. The maximum Gasteiger partial charge on any atom is 0.255 e. The van der Waals surface area contributed by atoms with Gasteiger partial charge in [0.1, 0.15) is 5.82 Å². The number of anilines is 1. The van der Waals surface area contributed by atoms with E-state index >= 15 is 0 Å². The van der Waals surface area contributed by atoms with Crippen molar-refractivity contribution < 1.29 is 14.3 Å². The second-order valence-electron chi connectivity index (χ2n) is 7.89. The van der Waals surface area contributed by atoms with Crippen molar-refractivity contribution in [3.8, 4) is 0 Å². The quantitative estimate of drug-likeness (QED) is 0.733. The van der Waals surface area contributed by atoms with E-state index < -0.39 is 0 Å². The number of carbonyl (C=O) groups excluding carboxylic acids is 1. The van der Waals surface area contributed by atoms with Crippen molar-refractivity contribution in [3.05, 3.63) is 23.9 Å². The van der Waals surface area contributed by atoms with Crippen LogP contribution in [0.15, 0.2) is 18.3 Å². The molecule has 2 aliphatic heterocycles. The van der Waals surface area contributed by atoms with E-state index in [4.69, 9.17) is 9.47 Å². The topological polar surface area (TPSA) is 54.9 Å². The molecular weight excluding hydrogens is 342 g/mol. The van der Waals surface area contributed by atoms with Gasteiger partial charge in [0.2, 0.25) is 0 Å². The zero-order chi connectivity index (χ0) is 19.1. The molecule has 1 atom stereocenters. The minimum absolute atomic E-state index is 0.0831. The Bertz CT molecular complexity index is 585. The molecule has 1 amide bonds. The van der Waals surface area contributed by atoms with Crippen LogP contribution in [-0.4, -0.2) is 69.4 Å². The third kappa shape index (κ3) is 5.66. The van der Waals surface area contributed by atoms with Crippen LogP contribution in [0.1, 0.15) is 42.5 Å². The zero-order valence-electron chi connectivity index (χ0n) is 16.7. The van der Waals surface area contributed by atoms with Gasteiger partial charge in [0, 0.05) is 53.2 Å². The zero-order valence-corrected chi connectivity index (χ0v) is 16.7. The lowest BCUT2D eigenvalue weighted by atomic mass is 9.96. The maximum absolute atomic E-state index is 12.8. The number of nitrogens with zero attached hydrogens (tertiary/aromatic N) is 3. The molecule has 1 aromatic heterocycles. The minimum atomic E-state index is 0.0831. The number of pyridine rings is 1. The fourth-order valence-corrected chi connectivity index (χ4v) is 4.07. The second-order valence-corrected chi connectivity index (χ2v) is 7.89. The van der Waals surface area contributed by atoms with Gasteiger partial charge >= 0.3 is 0 Å². The van der Waals surface area contributed by atoms with Crippen molar-refractivity contribution >= 4 is 11.7 Å². The molecule has 0 radical (unpaired) electrons. The summed E-state index contributed by atoms with van der Waals surface area (Å²) >= 11 is 0. The largest absolute Gasteiger partial charge is 0.384 e. The molecule has 2 aliphatic rings. The fourth-order valence-electron chi connectivity index (χ4n) is 4.07. The Morgan fingerprint density at radius 2 is 2.11 bits per heavy atom. The maximum atomic E-state index is 12.8. The number of likely N-dealkylation sites (tertiary alicyclic amines) is 1. The number of rotatable bonds is 7. The van der Waals surface area contributed by atoms with Crippen LogP contribution in [-0.2, 0) is 9.47 Å². The molecule has 3 rings (SSSR count). The molecule has 0 N–H and O–H groups in total. The lowest BCUT2D eigenvalue weighted by Gasteiger charge is -2.32. The average molecular weight is 376 g/mol. The van der Waals surface area contributed by atoms with Gasteiger partial charge in [-0.25, -0.2) is 4.98 Å². The van der Waals surface area contributed by atoms with Gasteiger partial charge in [-0.3, -0.25) is 4.79 Å². The average Bonchev–Trinajstić information content (AvgIpc) is 2.73. The molecule has 2 fully saturated rings. The summed E-state index contributed by atoms with van der Waals surface area (Å²) in [4.78, 5) is 21.4. The summed E-state index contributed by atoms with van der Waals surface area (Å²) in [6, 6.07) is 3.88. The highest BCUT2D eigenvalue weighted by atomic mass is 16.5. The van der Waals surface area contributed by atoms with Gasteiger partial charge in [0.15, 0.2) is 0 Å². The summed E-state index contributed by atoms with van der Waals surface area (Å²) in [5.41, 5.74) is 0.676. The summed E-state index contributed by atoms with van der Waals surface area (Å²) in [6.45, 7) is 5.09. The summed E-state index contributed by atoms with van der Waals surface area (Å²) in [5.74, 6) is 2.20. The predicted molar refractivity (Wildman–Crippen MR) is 106 cm³/mol. The molecular formula is C21H33N3O3. The lowest BCUT2D eigenvalue weighted by molar-refractivity contribution is 0.0570. The normalized spacial score (nSPS) is 21.3. The molecule has 2 saturated heterocycles. The molecule has 150 valence electrons. The minimum Gasteiger partial charge on any atom is -0.384 e. The van der Waals surface area contributed by atoms with Crippen LogP contribution in [0.5, 0.6) is 0 Å². The number of hydrogen-bond acceptors (Lipinski definition) is 5. The molecule has 0 bridgehead atoms. The van der Waals surface area contributed by atoms with Gasteiger partial charge in [-0.1, -0.05) is 0 Å². The number of amides is 1. The first-order chi connectivity index (χ1) is 13.2. The predicted octanol–water partition coefficient (Wildman–Crippen LogP) is 2.83. The molecule has 27 heavy (non-hydrogen) atoms. The first kappa shape index (κ1) is 20.1. The van der Waals surface area contributed by atoms with E-state index in [-0.39, 0.29) is 5.91 Å². The Labute approximate surface area is 162 Å². The van der Waals surface area contributed by atoms with E-state index in [0.717, 1.165) is 83.3 Å². The number of aromatic nitrogens is 1. The van der Waals surface area contributed by atoms with Gasteiger partial charge < -0.3 is 19.3 Å². The van der Waals surface area contributed by atoms with Crippen LogP contribution in [0.2, 0.25) is 0 Å². The van der Waals surface area contributed by atoms with Crippen molar-refractivity contribution in [1.29, 1.82) is 0 Å². The van der Waals surface area contributed by atoms with Crippen LogP contribution in [0.3, 0.4) is 0 Å². The standard InChI is InChI=1S/C21H33N3O3/c1-23(11-7-17-8-12-27-13-9-17)20-6-5-19(14-22-20)21(25)24-10-3-4-18(15-24)16-26-2/h5-6,14,17-18H,3-4,7-13,15-16H2,1-2H3/t18-/m0/s1. The van der Waals surface area contributed by atoms with E-state index in [1.807, 2.05) is 17.0 Å². The Hall–Kier alpha value is -1.66. The van der Waals surface area contributed by atoms with Crippen LogP contribution >= 0.6 is 0 Å². The summed E-state index contributed by atoms with van der Waals surface area (Å²) < 4.78 is 10.7. The van der Waals surface area contributed by atoms with Gasteiger partial charge in [-0.2, -0.15) is 0 Å². The highest BCUT2D eigenvalue weighted by Crippen LogP contribution is 2.21. The van der Waals surface area contributed by atoms with Crippen LogP contribution < -0.4 is 4.90 Å². The van der Waals surface area contributed by atoms with Crippen molar-refractivity contribution in [1.82, 2.24) is 9.88 Å². The van der Waals surface area contributed by atoms with Gasteiger partial charge in [0.25, 0.3) is 5.91 Å². The molecule has 3 heterocycles. The van der Waals surface area contributed by atoms with Crippen LogP contribution in [0, 0.1) is 11.8 Å². The van der Waals surface area contributed by atoms with E-state index in [1.54, 1.807) is 13.3 Å². The highest BCUT2D eigenvalue weighted by molar-refractivity contribution is 5.94. The Morgan fingerprint density at radius 1 is 1.30 bits per heavy atom. The van der Waals surface area contributed by atoms with Crippen molar-refractivity contribution in [3.63, 3.8) is 0 Å². The molecule has 0 aromatic carbocycles. The van der Waals surface area contributed by atoms with Crippen molar-refractivity contribution in [2.45, 2.75) is 32.1 Å². The summed E-state index contributed by atoms with van der Waals surface area (Å²) in [6.07, 6.45) is 7.38. The number of methoxy groups -OCH3 is 1. The molecule has 0 spiro atoms.